The van der Waals surface area contributed by atoms with Crippen LogP contribution in [-0.4, -0.2) is 37.0 Å². The monoisotopic (exact) mass is 401 g/mol. The predicted octanol–water partition coefficient (Wildman–Crippen LogP) is 4.42. The quantitative estimate of drug-likeness (QED) is 0.457. The fraction of sp³-hybridized carbons (Fsp3) is 0.500. The summed E-state index contributed by atoms with van der Waals surface area (Å²) in [6.45, 7) is 7.51. The Morgan fingerprint density at radius 1 is 1.29 bits per heavy atom. The number of benzene rings is 1. The molecule has 6 heteroatoms. The summed E-state index contributed by atoms with van der Waals surface area (Å²) in [5.74, 6) is 0.896. The number of hydrogen-bond acceptors (Lipinski definition) is 5. The first-order valence-corrected chi connectivity index (χ1v) is 11.0. The lowest BCUT2D eigenvalue weighted by molar-refractivity contribution is -0.121. The van der Waals surface area contributed by atoms with E-state index in [4.69, 9.17) is 4.74 Å². The highest BCUT2D eigenvalue weighted by Crippen LogP contribution is 2.32. The maximum Gasteiger partial charge on any atom is 0.210 e. The number of nitrogens with zero attached hydrogens (tertiary/aromatic N) is 1. The van der Waals surface area contributed by atoms with Crippen LogP contribution in [0, 0.1) is 0 Å². The number of ether oxygens (including phenoxy) is 1. The van der Waals surface area contributed by atoms with Crippen molar-refractivity contribution in [2.24, 2.45) is 0 Å². The third-order valence-corrected chi connectivity index (χ3v) is 5.86. The molecule has 1 unspecified atom stereocenters. The van der Waals surface area contributed by atoms with Crippen molar-refractivity contribution in [2.75, 3.05) is 25.0 Å². The molecular weight excluding hydrogens is 370 g/mol. The van der Waals surface area contributed by atoms with Crippen LogP contribution >= 0.6 is 11.3 Å². The van der Waals surface area contributed by atoms with Crippen LogP contribution in [0.2, 0.25) is 0 Å². The molecule has 1 fully saturated rings. The van der Waals surface area contributed by atoms with Gasteiger partial charge < -0.3 is 20.3 Å². The molecule has 1 amide bonds. The zero-order chi connectivity index (χ0) is 19.8. The minimum absolute atomic E-state index is 0.161. The molecule has 1 aromatic heterocycles. The summed E-state index contributed by atoms with van der Waals surface area (Å²) in [5, 5.41) is 9.15. The van der Waals surface area contributed by atoms with E-state index in [9.17, 15) is 4.79 Å². The number of carbonyl (C=O) groups is 1. The first kappa shape index (κ1) is 20.7. The van der Waals surface area contributed by atoms with Gasteiger partial charge in [-0.1, -0.05) is 12.1 Å². The number of rotatable bonds is 10. The molecule has 0 saturated carbocycles. The van der Waals surface area contributed by atoms with Crippen LogP contribution in [0.4, 0.5) is 5.69 Å². The molecule has 1 atom stereocenters. The summed E-state index contributed by atoms with van der Waals surface area (Å²) in [6.07, 6.45) is 4.56. The Balaban J connectivity index is 1.43. The molecule has 1 saturated heterocycles. The maximum absolute atomic E-state index is 11.3. The van der Waals surface area contributed by atoms with E-state index in [0.29, 0.717) is 0 Å². The summed E-state index contributed by atoms with van der Waals surface area (Å²) in [6, 6.07) is 10.6. The number of anilines is 1. The number of piperidine rings is 1. The molecule has 2 heterocycles. The van der Waals surface area contributed by atoms with Gasteiger partial charge in [-0.05, 0) is 62.3 Å². The molecule has 5 nitrogen and oxygen atoms in total. The molecule has 152 valence electrons. The normalized spacial score (nSPS) is 17.0. The number of likely N-dealkylation sites (tertiary alicyclic amines) is 1. The van der Waals surface area contributed by atoms with E-state index in [0.717, 1.165) is 56.9 Å². The average molecular weight is 402 g/mol. The molecule has 0 spiro atoms. The standard InChI is InChI=1S/C22H31N3O2S/c1-17(2)27-22-9-4-3-7-20(22)24-11-10-23-14-19-13-18(15-28-19)21-8-5-6-12-25(21)16-26/h3-4,7,9,13,15-17,21,23-24H,5-6,8,10-12,14H2,1-2H3. The largest absolute Gasteiger partial charge is 0.489 e. The van der Waals surface area contributed by atoms with E-state index >= 15 is 0 Å². The Labute approximate surface area is 172 Å². The zero-order valence-corrected chi connectivity index (χ0v) is 17.6. The Morgan fingerprint density at radius 3 is 2.96 bits per heavy atom. The second-order valence-electron chi connectivity index (χ2n) is 7.47. The van der Waals surface area contributed by atoms with Crippen molar-refractivity contribution in [3.8, 4) is 5.75 Å². The van der Waals surface area contributed by atoms with E-state index in [1.54, 1.807) is 11.3 Å². The first-order chi connectivity index (χ1) is 13.7. The van der Waals surface area contributed by atoms with Gasteiger partial charge in [0.25, 0.3) is 0 Å². The van der Waals surface area contributed by atoms with Crippen LogP contribution in [0.5, 0.6) is 5.75 Å². The van der Waals surface area contributed by atoms with Crippen molar-refractivity contribution in [3.63, 3.8) is 0 Å². The lowest BCUT2D eigenvalue weighted by Crippen LogP contribution is -2.31. The molecule has 1 aromatic carbocycles. The Kier molecular flexibility index (Phi) is 7.74. The van der Waals surface area contributed by atoms with E-state index in [1.807, 2.05) is 43.0 Å². The fourth-order valence-electron chi connectivity index (χ4n) is 3.57. The van der Waals surface area contributed by atoms with Crippen molar-refractivity contribution in [3.05, 3.63) is 46.2 Å². The number of carbonyl (C=O) groups excluding carboxylic acids is 1. The van der Waals surface area contributed by atoms with Crippen molar-refractivity contribution in [1.29, 1.82) is 0 Å². The van der Waals surface area contributed by atoms with Gasteiger partial charge in [-0.25, -0.2) is 0 Å². The highest BCUT2D eigenvalue weighted by molar-refractivity contribution is 7.10. The summed E-state index contributed by atoms with van der Waals surface area (Å²) in [7, 11) is 0. The number of para-hydroxylation sites is 2. The Hall–Kier alpha value is -2.05. The lowest BCUT2D eigenvalue weighted by Gasteiger charge is -2.32. The van der Waals surface area contributed by atoms with Gasteiger partial charge in [0.1, 0.15) is 5.75 Å². The predicted molar refractivity (Wildman–Crippen MR) is 116 cm³/mol. The topological polar surface area (TPSA) is 53.6 Å². The van der Waals surface area contributed by atoms with Gasteiger partial charge in [0, 0.05) is 31.1 Å². The van der Waals surface area contributed by atoms with Crippen LogP contribution in [0.1, 0.15) is 49.6 Å². The molecule has 2 N–H and O–H groups in total. The van der Waals surface area contributed by atoms with Crippen molar-refractivity contribution in [1.82, 2.24) is 10.2 Å². The van der Waals surface area contributed by atoms with Crippen LogP contribution in [0.15, 0.2) is 35.7 Å². The van der Waals surface area contributed by atoms with Crippen LogP contribution < -0.4 is 15.4 Å². The third-order valence-electron chi connectivity index (χ3n) is 4.90. The molecule has 0 radical (unpaired) electrons. The van der Waals surface area contributed by atoms with Gasteiger partial charge >= 0.3 is 0 Å². The number of amides is 1. The van der Waals surface area contributed by atoms with Gasteiger partial charge in [0.2, 0.25) is 6.41 Å². The number of nitrogens with one attached hydrogen (secondary N) is 2. The molecule has 3 rings (SSSR count). The molecule has 1 aliphatic rings. The molecule has 28 heavy (non-hydrogen) atoms. The third kappa shape index (κ3) is 5.72. The second-order valence-corrected chi connectivity index (χ2v) is 8.46. The van der Waals surface area contributed by atoms with Crippen LogP contribution in [0.3, 0.4) is 0 Å². The SMILES string of the molecule is CC(C)Oc1ccccc1NCCNCc1cc(C2CCCCN2C=O)cs1. The van der Waals surface area contributed by atoms with Crippen molar-refractivity contribution in [2.45, 2.75) is 51.8 Å². The molecule has 1 aliphatic heterocycles. The van der Waals surface area contributed by atoms with Gasteiger partial charge in [0.15, 0.2) is 0 Å². The lowest BCUT2D eigenvalue weighted by atomic mass is 9.98. The van der Waals surface area contributed by atoms with Gasteiger partial charge in [0.05, 0.1) is 17.8 Å². The Bertz CT molecular complexity index is 747. The average Bonchev–Trinajstić information content (AvgIpc) is 3.17. The summed E-state index contributed by atoms with van der Waals surface area (Å²) in [5.41, 5.74) is 2.31. The van der Waals surface area contributed by atoms with Crippen LogP contribution in [-0.2, 0) is 11.3 Å². The smallest absolute Gasteiger partial charge is 0.210 e. The summed E-state index contributed by atoms with van der Waals surface area (Å²) < 4.78 is 5.84. The van der Waals surface area contributed by atoms with E-state index in [-0.39, 0.29) is 12.1 Å². The van der Waals surface area contributed by atoms with Crippen molar-refractivity contribution < 1.29 is 9.53 Å². The van der Waals surface area contributed by atoms with E-state index in [2.05, 4.69) is 22.1 Å². The number of thiophene rings is 1. The summed E-state index contributed by atoms with van der Waals surface area (Å²) in [4.78, 5) is 14.6. The molecule has 2 aromatic rings. The van der Waals surface area contributed by atoms with E-state index in [1.165, 1.54) is 16.9 Å². The maximum atomic E-state index is 11.3. The van der Waals surface area contributed by atoms with Gasteiger partial charge in [-0.3, -0.25) is 4.79 Å². The van der Waals surface area contributed by atoms with Gasteiger partial charge in [-0.2, -0.15) is 0 Å². The fourth-order valence-corrected chi connectivity index (χ4v) is 4.47. The molecule has 0 bridgehead atoms. The minimum Gasteiger partial charge on any atom is -0.489 e. The zero-order valence-electron chi connectivity index (χ0n) is 16.8. The number of hydrogen-bond donors (Lipinski definition) is 2. The molecule has 0 aliphatic carbocycles. The van der Waals surface area contributed by atoms with E-state index < -0.39 is 0 Å². The highest BCUT2D eigenvalue weighted by Gasteiger charge is 2.23. The van der Waals surface area contributed by atoms with Gasteiger partial charge in [-0.15, -0.1) is 11.3 Å². The summed E-state index contributed by atoms with van der Waals surface area (Å²) >= 11 is 1.77. The molecular formula is C22H31N3O2S. The minimum atomic E-state index is 0.161. The first-order valence-electron chi connectivity index (χ1n) is 10.2. The second kappa shape index (κ2) is 10.5. The highest BCUT2D eigenvalue weighted by atomic mass is 32.1. The Morgan fingerprint density at radius 2 is 2.14 bits per heavy atom. The van der Waals surface area contributed by atoms with Crippen LogP contribution in [0.25, 0.3) is 0 Å². The van der Waals surface area contributed by atoms with Crippen molar-refractivity contribution >= 4 is 23.4 Å².